The molecule has 3 heteroatoms. The van der Waals surface area contributed by atoms with Crippen molar-refractivity contribution in [3.63, 3.8) is 0 Å². The zero-order valence-electron chi connectivity index (χ0n) is 29.1. The fraction of sp³-hybridized carbons (Fsp3) is 0.649. The van der Waals surface area contributed by atoms with E-state index >= 15 is 0 Å². The van der Waals surface area contributed by atoms with Gasteiger partial charge in [0.15, 0.2) is 0 Å². The molecule has 0 bridgehead atoms. The van der Waals surface area contributed by atoms with Crippen LogP contribution < -0.4 is 3.58 Å². The summed E-state index contributed by atoms with van der Waals surface area (Å²) in [5.41, 5.74) is 10.4. The van der Waals surface area contributed by atoms with Crippen molar-refractivity contribution in [3.05, 3.63) is 63.2 Å². The molecule has 0 aliphatic heterocycles. The molecule has 0 fully saturated rings. The molecule has 0 aliphatic carbocycles. The molecule has 0 unspecified atom stereocenters. The molecule has 0 nitrogen and oxygen atoms in total. The van der Waals surface area contributed by atoms with Crippen molar-refractivity contribution in [2.24, 2.45) is 0 Å². The molecule has 0 saturated heterocycles. The van der Waals surface area contributed by atoms with Crippen LogP contribution in [0.2, 0.25) is 0 Å². The fourth-order valence-electron chi connectivity index (χ4n) is 4.99. The van der Waals surface area contributed by atoms with Gasteiger partial charge in [-0.3, -0.25) is 0 Å². The van der Waals surface area contributed by atoms with E-state index in [1.807, 2.05) is 8.95 Å². The monoisotopic (exact) mass is 686 g/mol. The number of hydrogen-bond donors (Lipinski definition) is 0. The molecule has 0 heterocycles. The Balaban J connectivity index is 2.81. The summed E-state index contributed by atoms with van der Waals surface area (Å²) < 4.78 is 2.73. The molecular weight excluding hydrogens is 627 g/mol. The third kappa shape index (κ3) is 8.62. The first-order valence-electron chi connectivity index (χ1n) is 14.9. The molecule has 2 rings (SSSR count). The van der Waals surface area contributed by atoms with Gasteiger partial charge in [-0.2, -0.15) is 0 Å². The number of hydrogen-bond acceptors (Lipinski definition) is 2. The summed E-state index contributed by atoms with van der Waals surface area (Å²) in [5, 5.41) is 0. The van der Waals surface area contributed by atoms with E-state index in [9.17, 15) is 0 Å². The second kappa shape index (κ2) is 11.6. The fourth-order valence-corrected chi connectivity index (χ4v) is 13.8. The van der Waals surface area contributed by atoms with Crippen LogP contribution in [-0.4, -0.2) is 24.0 Å². The van der Waals surface area contributed by atoms with Gasteiger partial charge in [0.1, 0.15) is 0 Å². The van der Waals surface area contributed by atoms with Gasteiger partial charge in [-0.25, -0.2) is 0 Å². The van der Waals surface area contributed by atoms with E-state index in [1.165, 1.54) is 38.9 Å². The van der Waals surface area contributed by atoms with Crippen LogP contribution in [-0.2, 0) is 32.5 Å². The van der Waals surface area contributed by atoms with E-state index in [4.69, 9.17) is 12.2 Å². The summed E-state index contributed by atoms with van der Waals surface area (Å²) in [4.78, 5) is 0. The van der Waals surface area contributed by atoms with E-state index in [0.717, 1.165) is 4.20 Å². The molecule has 222 valence electrons. The van der Waals surface area contributed by atoms with Gasteiger partial charge in [-0.15, -0.1) is 0 Å². The van der Waals surface area contributed by atoms with E-state index in [0.29, 0.717) is 0 Å². The SMILES string of the molecule is CC(C)(C)c1cc(C(C)(C)C)[c]([Sn][S]C(=S)c2c(C(C)(C)C)cc(C(C)(C)C)cc2C(C)(C)C)c(C(C)(C)C)c1. The van der Waals surface area contributed by atoms with Crippen LogP contribution in [0.25, 0.3) is 0 Å². The van der Waals surface area contributed by atoms with Gasteiger partial charge >= 0.3 is 269 Å². The summed E-state index contributed by atoms with van der Waals surface area (Å²) in [6, 6.07) is 9.96. The normalized spacial score (nSPS) is 14.1. The average molecular weight is 686 g/mol. The van der Waals surface area contributed by atoms with E-state index in [-0.39, 0.29) is 32.5 Å². The van der Waals surface area contributed by atoms with Gasteiger partial charge in [0.2, 0.25) is 0 Å². The van der Waals surface area contributed by atoms with Gasteiger partial charge in [-0.1, -0.05) is 0 Å². The van der Waals surface area contributed by atoms with Crippen LogP contribution in [0.15, 0.2) is 24.3 Å². The minimum atomic E-state index is -1.13. The first-order valence-corrected chi connectivity index (χ1v) is 21.1. The Morgan fingerprint density at radius 3 is 1.00 bits per heavy atom. The predicted octanol–water partition coefficient (Wildman–Crippen LogP) is 10.8. The van der Waals surface area contributed by atoms with Gasteiger partial charge in [-0.05, 0) is 0 Å². The average Bonchev–Trinajstić information content (AvgIpc) is 2.72. The molecule has 0 saturated carbocycles. The molecule has 40 heavy (non-hydrogen) atoms. The quantitative estimate of drug-likeness (QED) is 0.233. The molecule has 0 N–H and O–H groups in total. The van der Waals surface area contributed by atoms with Crippen molar-refractivity contribution in [1.82, 2.24) is 0 Å². The summed E-state index contributed by atoms with van der Waals surface area (Å²) in [6.45, 7) is 42.4. The number of benzene rings is 2. The molecule has 2 aromatic carbocycles. The first-order chi connectivity index (χ1) is 17.6. The van der Waals surface area contributed by atoms with E-state index in [2.05, 4.69) is 149 Å². The second-order valence-electron chi connectivity index (χ2n) is 17.9. The van der Waals surface area contributed by atoms with Crippen LogP contribution >= 0.6 is 21.2 Å². The van der Waals surface area contributed by atoms with Gasteiger partial charge < -0.3 is 0 Å². The van der Waals surface area contributed by atoms with Crippen molar-refractivity contribution in [1.29, 1.82) is 0 Å². The minimum absolute atomic E-state index is 0.00769. The van der Waals surface area contributed by atoms with E-state index in [1.54, 1.807) is 3.58 Å². The molecule has 0 aromatic heterocycles. The Labute approximate surface area is 267 Å². The van der Waals surface area contributed by atoms with Crippen molar-refractivity contribution < 1.29 is 0 Å². The molecule has 2 aromatic rings. The summed E-state index contributed by atoms with van der Waals surface area (Å²) >= 11 is 5.30. The summed E-state index contributed by atoms with van der Waals surface area (Å²) in [7, 11) is 2.03. The first kappa shape index (κ1) is 35.9. The summed E-state index contributed by atoms with van der Waals surface area (Å²) in [6.07, 6.45) is 0. The third-order valence-corrected chi connectivity index (χ3v) is 16.0. The van der Waals surface area contributed by atoms with Crippen molar-refractivity contribution in [2.45, 2.75) is 157 Å². The third-order valence-electron chi connectivity index (χ3n) is 7.69. The van der Waals surface area contributed by atoms with Gasteiger partial charge in [0, 0.05) is 0 Å². The van der Waals surface area contributed by atoms with Crippen LogP contribution in [0.5, 0.6) is 0 Å². The number of thiocarbonyl (C=S) groups is 1. The van der Waals surface area contributed by atoms with Gasteiger partial charge in [0.25, 0.3) is 0 Å². The predicted molar refractivity (Wildman–Crippen MR) is 190 cm³/mol. The molecule has 0 spiro atoms. The Morgan fingerprint density at radius 2 is 0.750 bits per heavy atom. The van der Waals surface area contributed by atoms with Crippen molar-refractivity contribution in [2.75, 3.05) is 0 Å². The van der Waals surface area contributed by atoms with Crippen LogP contribution in [0.3, 0.4) is 0 Å². The Kier molecular flexibility index (Phi) is 10.4. The Bertz CT molecular complexity index is 1170. The molecule has 0 amide bonds. The van der Waals surface area contributed by atoms with Crippen LogP contribution in [0, 0.1) is 0 Å². The zero-order valence-corrected chi connectivity index (χ0v) is 33.6. The maximum atomic E-state index is 6.43. The van der Waals surface area contributed by atoms with Crippen molar-refractivity contribution >= 4 is 48.7 Å². The molecule has 0 atom stereocenters. The molecular formula is C37H58S2Sn. The zero-order chi connectivity index (χ0) is 31.4. The standard InChI is InChI=1S/C19H30S2.C18H29.Sn/c1-17(2,3)12-10-13(18(4,5)6)15(16(20)21)14(11-12)19(7,8)9;1-16(2,3)13-10-14(17(4,5)6)12-15(11-13)18(7,8)9;/h10-11H,1-9H3,(H,20,21);10-11H,1-9H3;/q;;+1/p-1. The Morgan fingerprint density at radius 1 is 0.475 bits per heavy atom. The molecule has 2 radical (unpaired) electrons. The van der Waals surface area contributed by atoms with Crippen LogP contribution in [0.1, 0.15) is 164 Å². The Hall–Kier alpha value is -0.321. The summed E-state index contributed by atoms with van der Waals surface area (Å²) in [5.74, 6) is 0. The number of rotatable bonds is 3. The molecule has 0 aliphatic rings. The van der Waals surface area contributed by atoms with Crippen LogP contribution in [0.4, 0.5) is 0 Å². The maximum absolute atomic E-state index is 6.43. The van der Waals surface area contributed by atoms with Crippen molar-refractivity contribution in [3.8, 4) is 0 Å². The van der Waals surface area contributed by atoms with E-state index < -0.39 is 19.8 Å². The second-order valence-corrected chi connectivity index (χ2v) is 24.3. The van der Waals surface area contributed by atoms with Gasteiger partial charge in [0.05, 0.1) is 0 Å². The topological polar surface area (TPSA) is 0 Å².